The lowest BCUT2D eigenvalue weighted by Crippen LogP contribution is -2.30. The summed E-state index contributed by atoms with van der Waals surface area (Å²) in [5.41, 5.74) is 0.989. The quantitative estimate of drug-likeness (QED) is 0.433. The van der Waals surface area contributed by atoms with Crippen LogP contribution in [0.2, 0.25) is 10.0 Å². The van der Waals surface area contributed by atoms with Crippen molar-refractivity contribution in [2.45, 2.75) is 0 Å². The summed E-state index contributed by atoms with van der Waals surface area (Å²) < 4.78 is 54.8. The number of nitrogens with one attached hydrogen (secondary N) is 1. The minimum Gasteiger partial charge on any atom is -0.297 e. The highest BCUT2D eigenvalue weighted by Gasteiger charge is 2.21. The number of nitrogens with zero attached hydrogens (tertiary/aromatic N) is 2. The molecule has 0 saturated carbocycles. The van der Waals surface area contributed by atoms with Crippen LogP contribution in [0.4, 0.5) is 8.78 Å². The summed E-state index contributed by atoms with van der Waals surface area (Å²) >= 11 is 12.2. The Labute approximate surface area is 191 Å². The third kappa shape index (κ3) is 4.32. The van der Waals surface area contributed by atoms with E-state index in [1.165, 1.54) is 10.8 Å². The largest absolute Gasteiger partial charge is 0.297 e. The Morgan fingerprint density at radius 1 is 1.06 bits per heavy atom. The number of aromatic nitrogens is 2. The van der Waals surface area contributed by atoms with Crippen molar-refractivity contribution >= 4 is 50.2 Å². The van der Waals surface area contributed by atoms with Crippen LogP contribution in [-0.4, -0.2) is 30.1 Å². The second kappa shape index (κ2) is 8.16. The molecule has 4 aromatic rings. The first-order chi connectivity index (χ1) is 15.0. The fraction of sp³-hybridized carbons (Fsp3) is 0.0476. The van der Waals surface area contributed by atoms with E-state index in [0.29, 0.717) is 10.6 Å². The van der Waals surface area contributed by atoms with Gasteiger partial charge in [0.05, 0.1) is 27.9 Å². The zero-order chi connectivity index (χ0) is 23.2. The zero-order valence-electron chi connectivity index (χ0n) is 16.2. The standard InChI is InChI=1S/C21H13Cl2F2N3O3S/c1-32(30,31)27-21(29)15-7-16(23)19(8-17(15)24)28-10-18(25)14-6-12(9-26-20(14)28)11-3-2-4-13(22)5-11/h2-10H,1H3,(H,27,29). The van der Waals surface area contributed by atoms with Crippen molar-refractivity contribution in [1.29, 1.82) is 0 Å². The third-order valence-corrected chi connectivity index (χ3v) is 5.67. The summed E-state index contributed by atoms with van der Waals surface area (Å²) in [5, 5.41) is 0.573. The molecular weight excluding hydrogens is 483 g/mol. The van der Waals surface area contributed by atoms with Gasteiger partial charge in [-0.05, 0) is 29.8 Å². The van der Waals surface area contributed by atoms with Crippen LogP contribution in [0.3, 0.4) is 0 Å². The molecule has 0 spiro atoms. The van der Waals surface area contributed by atoms with Crippen LogP contribution >= 0.6 is 23.2 Å². The Balaban J connectivity index is 1.80. The van der Waals surface area contributed by atoms with Crippen LogP contribution in [0.1, 0.15) is 10.4 Å². The molecule has 0 unspecified atom stereocenters. The van der Waals surface area contributed by atoms with Gasteiger partial charge >= 0.3 is 0 Å². The van der Waals surface area contributed by atoms with Gasteiger partial charge in [-0.3, -0.25) is 9.36 Å². The van der Waals surface area contributed by atoms with Gasteiger partial charge in [0.25, 0.3) is 5.91 Å². The second-order valence-corrected chi connectivity index (χ2v) is 9.53. The van der Waals surface area contributed by atoms with Crippen LogP contribution in [0, 0.1) is 11.6 Å². The average molecular weight is 496 g/mol. The van der Waals surface area contributed by atoms with Crippen LogP contribution in [0.5, 0.6) is 0 Å². The fourth-order valence-corrected chi connectivity index (χ4v) is 4.09. The molecule has 2 aromatic heterocycles. The van der Waals surface area contributed by atoms with Crippen molar-refractivity contribution < 1.29 is 22.0 Å². The van der Waals surface area contributed by atoms with E-state index in [1.807, 2.05) is 0 Å². The van der Waals surface area contributed by atoms with Gasteiger partial charge in [0, 0.05) is 29.0 Å². The Kier molecular flexibility index (Phi) is 5.66. The van der Waals surface area contributed by atoms with Crippen molar-refractivity contribution in [3.05, 3.63) is 82.1 Å². The molecule has 1 amide bonds. The van der Waals surface area contributed by atoms with E-state index < -0.39 is 33.1 Å². The van der Waals surface area contributed by atoms with Crippen molar-refractivity contribution in [2.75, 3.05) is 6.26 Å². The van der Waals surface area contributed by atoms with E-state index in [1.54, 1.807) is 35.1 Å². The molecule has 4 rings (SSSR count). The van der Waals surface area contributed by atoms with Crippen molar-refractivity contribution in [2.24, 2.45) is 0 Å². The number of fused-ring (bicyclic) bond motifs is 1. The Morgan fingerprint density at radius 2 is 1.81 bits per heavy atom. The predicted molar refractivity (Wildman–Crippen MR) is 119 cm³/mol. The molecule has 0 bridgehead atoms. The lowest BCUT2D eigenvalue weighted by Gasteiger charge is -2.11. The number of rotatable bonds is 4. The summed E-state index contributed by atoms with van der Waals surface area (Å²) in [6.45, 7) is 0. The lowest BCUT2D eigenvalue weighted by molar-refractivity contribution is 0.0978. The monoisotopic (exact) mass is 495 g/mol. The Hall–Kier alpha value is -3.01. The minimum atomic E-state index is -3.90. The lowest BCUT2D eigenvalue weighted by atomic mass is 10.1. The maximum atomic E-state index is 14.7. The Morgan fingerprint density at radius 3 is 2.50 bits per heavy atom. The zero-order valence-corrected chi connectivity index (χ0v) is 18.6. The number of sulfonamides is 1. The summed E-state index contributed by atoms with van der Waals surface area (Å²) in [5.74, 6) is -2.83. The van der Waals surface area contributed by atoms with Crippen LogP contribution in [-0.2, 0) is 10.0 Å². The summed E-state index contributed by atoms with van der Waals surface area (Å²) in [4.78, 5) is 16.3. The van der Waals surface area contributed by atoms with Gasteiger partial charge in [-0.2, -0.15) is 0 Å². The van der Waals surface area contributed by atoms with E-state index in [0.717, 1.165) is 30.1 Å². The van der Waals surface area contributed by atoms with Gasteiger partial charge in [0.15, 0.2) is 5.82 Å². The summed E-state index contributed by atoms with van der Waals surface area (Å²) in [6, 6.07) is 10.4. The number of carbonyl (C=O) groups excluding carboxylic acids is 1. The highest BCUT2D eigenvalue weighted by molar-refractivity contribution is 7.89. The minimum absolute atomic E-state index is 0.0250. The first kappa shape index (κ1) is 22.2. The fourth-order valence-electron chi connectivity index (χ4n) is 3.20. The van der Waals surface area contributed by atoms with Crippen molar-refractivity contribution in [3.8, 4) is 16.8 Å². The second-order valence-electron chi connectivity index (χ2n) is 6.94. The average Bonchev–Trinajstić information content (AvgIpc) is 3.04. The maximum Gasteiger partial charge on any atom is 0.267 e. The molecule has 0 radical (unpaired) electrons. The van der Waals surface area contributed by atoms with Crippen molar-refractivity contribution in [3.63, 3.8) is 0 Å². The third-order valence-electron chi connectivity index (χ3n) is 4.57. The van der Waals surface area contributed by atoms with Gasteiger partial charge in [-0.25, -0.2) is 26.9 Å². The van der Waals surface area contributed by atoms with E-state index in [9.17, 15) is 22.0 Å². The molecule has 2 aromatic carbocycles. The van der Waals surface area contributed by atoms with Gasteiger partial charge in [0.1, 0.15) is 11.5 Å². The van der Waals surface area contributed by atoms with Gasteiger partial charge in [0.2, 0.25) is 10.0 Å². The van der Waals surface area contributed by atoms with Gasteiger partial charge in [-0.1, -0.05) is 35.3 Å². The van der Waals surface area contributed by atoms with E-state index in [-0.39, 0.29) is 21.7 Å². The van der Waals surface area contributed by atoms with Gasteiger partial charge < -0.3 is 0 Å². The molecule has 32 heavy (non-hydrogen) atoms. The first-order valence-corrected chi connectivity index (χ1v) is 11.6. The number of halogens is 4. The molecule has 0 aliphatic rings. The number of amides is 1. The SMILES string of the molecule is CS(=O)(=O)NC(=O)c1cc(Cl)c(-n2cc(F)c3cc(-c4cccc(Cl)c4)cnc32)cc1F. The molecule has 0 fully saturated rings. The van der Waals surface area contributed by atoms with E-state index in [4.69, 9.17) is 23.2 Å². The Bertz CT molecular complexity index is 1500. The van der Waals surface area contributed by atoms with Crippen LogP contribution < -0.4 is 4.72 Å². The van der Waals surface area contributed by atoms with Crippen LogP contribution in [0.15, 0.2) is 54.9 Å². The molecule has 0 aliphatic heterocycles. The number of carbonyl (C=O) groups is 1. The molecule has 1 N–H and O–H groups in total. The topological polar surface area (TPSA) is 81.1 Å². The molecule has 0 atom stereocenters. The highest BCUT2D eigenvalue weighted by Crippen LogP contribution is 2.32. The molecule has 6 nitrogen and oxygen atoms in total. The van der Waals surface area contributed by atoms with E-state index in [2.05, 4.69) is 4.98 Å². The normalized spacial score (nSPS) is 11.7. The number of pyridine rings is 1. The summed E-state index contributed by atoms with van der Waals surface area (Å²) in [7, 11) is -3.90. The van der Waals surface area contributed by atoms with Crippen molar-refractivity contribution in [1.82, 2.24) is 14.3 Å². The number of hydrogen-bond donors (Lipinski definition) is 1. The number of hydrogen-bond acceptors (Lipinski definition) is 4. The molecule has 2 heterocycles. The number of benzene rings is 2. The van der Waals surface area contributed by atoms with Crippen LogP contribution in [0.25, 0.3) is 27.8 Å². The molecule has 0 aliphatic carbocycles. The molecular formula is C21H13Cl2F2N3O3S. The predicted octanol–water partition coefficient (Wildman–Crippen LogP) is 4.97. The summed E-state index contributed by atoms with van der Waals surface area (Å²) in [6.07, 6.45) is 3.37. The van der Waals surface area contributed by atoms with E-state index >= 15 is 0 Å². The first-order valence-electron chi connectivity index (χ1n) is 8.97. The molecule has 0 saturated heterocycles. The molecule has 164 valence electrons. The smallest absolute Gasteiger partial charge is 0.267 e. The highest BCUT2D eigenvalue weighted by atomic mass is 35.5. The van der Waals surface area contributed by atoms with Gasteiger partial charge in [-0.15, -0.1) is 0 Å². The molecule has 11 heteroatoms. The maximum absolute atomic E-state index is 14.7.